The minimum absolute atomic E-state index is 0.123. The molecule has 1 heterocycles. The predicted octanol–water partition coefficient (Wildman–Crippen LogP) is 3.10. The van der Waals surface area contributed by atoms with E-state index in [0.29, 0.717) is 23.7 Å². The van der Waals surface area contributed by atoms with Gasteiger partial charge in [0.2, 0.25) is 0 Å². The predicted molar refractivity (Wildman–Crippen MR) is 90.4 cm³/mol. The SMILES string of the molecule is O=C1C(CC2CC2)C(=O)N(c2ccc(O)cc2)N1c1ccccc1. The molecule has 2 aromatic carbocycles. The Kier molecular flexibility index (Phi) is 3.49. The second-order valence-electron chi connectivity index (χ2n) is 6.38. The summed E-state index contributed by atoms with van der Waals surface area (Å²) in [4.78, 5) is 25.9. The zero-order valence-corrected chi connectivity index (χ0v) is 13.1. The number of carbonyl (C=O) groups excluding carboxylic acids is 2. The number of phenolic OH excluding ortho intramolecular Hbond substituents is 1. The van der Waals surface area contributed by atoms with Crippen molar-refractivity contribution in [1.82, 2.24) is 0 Å². The fraction of sp³-hybridized carbons (Fsp3) is 0.263. The Bertz CT molecular complexity index is 769. The van der Waals surface area contributed by atoms with Crippen molar-refractivity contribution in [2.75, 3.05) is 10.0 Å². The van der Waals surface area contributed by atoms with E-state index in [2.05, 4.69) is 0 Å². The first-order valence-electron chi connectivity index (χ1n) is 8.17. The highest BCUT2D eigenvalue weighted by molar-refractivity contribution is 6.23. The molecule has 4 rings (SSSR count). The molecular weight excluding hydrogens is 304 g/mol. The van der Waals surface area contributed by atoms with E-state index < -0.39 is 5.92 Å². The Balaban J connectivity index is 1.75. The molecule has 0 radical (unpaired) electrons. The number of anilines is 2. The second kappa shape index (κ2) is 5.67. The number of hydrazine groups is 1. The highest BCUT2D eigenvalue weighted by atomic mass is 16.3. The van der Waals surface area contributed by atoms with Crippen LogP contribution in [0.4, 0.5) is 11.4 Å². The van der Waals surface area contributed by atoms with Crippen molar-refractivity contribution < 1.29 is 14.7 Å². The third-order valence-corrected chi connectivity index (χ3v) is 4.57. The molecule has 5 heteroatoms. The number of para-hydroxylation sites is 1. The fourth-order valence-electron chi connectivity index (χ4n) is 3.13. The Labute approximate surface area is 140 Å². The number of aromatic hydroxyl groups is 1. The van der Waals surface area contributed by atoms with Gasteiger partial charge in [0.15, 0.2) is 0 Å². The van der Waals surface area contributed by atoms with Gasteiger partial charge in [-0.25, -0.2) is 10.0 Å². The number of carbonyl (C=O) groups is 2. The molecule has 1 saturated carbocycles. The van der Waals surface area contributed by atoms with Gasteiger partial charge in [-0.15, -0.1) is 0 Å². The molecule has 2 aromatic rings. The standard InChI is InChI=1S/C19H18N2O3/c22-16-10-8-15(9-11-16)21-19(24)17(12-13-6-7-13)18(23)20(21)14-4-2-1-3-5-14/h1-5,8-11,13,17,22H,6-7,12H2. The van der Waals surface area contributed by atoms with E-state index in [9.17, 15) is 14.7 Å². The van der Waals surface area contributed by atoms with Gasteiger partial charge in [0.1, 0.15) is 11.7 Å². The molecule has 1 unspecified atom stereocenters. The summed E-state index contributed by atoms with van der Waals surface area (Å²) >= 11 is 0. The van der Waals surface area contributed by atoms with Gasteiger partial charge in [-0.3, -0.25) is 9.59 Å². The summed E-state index contributed by atoms with van der Waals surface area (Å²) in [6.07, 6.45) is 2.82. The summed E-state index contributed by atoms with van der Waals surface area (Å²) < 4.78 is 0. The van der Waals surface area contributed by atoms with Gasteiger partial charge in [0, 0.05) is 0 Å². The first-order valence-corrected chi connectivity index (χ1v) is 8.17. The van der Waals surface area contributed by atoms with Gasteiger partial charge in [0.25, 0.3) is 11.8 Å². The van der Waals surface area contributed by atoms with Crippen LogP contribution in [0.15, 0.2) is 54.6 Å². The molecule has 0 aromatic heterocycles. The van der Waals surface area contributed by atoms with Crippen LogP contribution >= 0.6 is 0 Å². The summed E-state index contributed by atoms with van der Waals surface area (Å²) in [6, 6.07) is 15.5. The number of rotatable bonds is 4. The zero-order chi connectivity index (χ0) is 16.7. The molecule has 1 N–H and O–H groups in total. The van der Waals surface area contributed by atoms with E-state index in [0.717, 1.165) is 12.8 Å². The molecule has 1 aliphatic heterocycles. The van der Waals surface area contributed by atoms with Gasteiger partial charge >= 0.3 is 0 Å². The number of amides is 2. The first kappa shape index (κ1) is 14.8. The summed E-state index contributed by atoms with van der Waals surface area (Å²) in [5.41, 5.74) is 1.25. The lowest BCUT2D eigenvalue weighted by Crippen LogP contribution is -2.41. The van der Waals surface area contributed by atoms with Crippen LogP contribution in [-0.4, -0.2) is 16.9 Å². The third kappa shape index (κ3) is 2.52. The molecule has 122 valence electrons. The van der Waals surface area contributed by atoms with Gasteiger partial charge in [-0.2, -0.15) is 0 Å². The number of hydrogen-bond acceptors (Lipinski definition) is 3. The van der Waals surface area contributed by atoms with E-state index in [1.54, 1.807) is 12.1 Å². The molecule has 1 atom stereocenters. The monoisotopic (exact) mass is 322 g/mol. The highest BCUT2D eigenvalue weighted by Crippen LogP contribution is 2.40. The Morgan fingerprint density at radius 2 is 1.38 bits per heavy atom. The summed E-state index contributed by atoms with van der Waals surface area (Å²) in [5.74, 6) is -0.378. The average molecular weight is 322 g/mol. The maximum absolute atomic E-state index is 12.9. The average Bonchev–Trinajstić information content (AvgIpc) is 3.38. The maximum atomic E-state index is 12.9. The first-order chi connectivity index (χ1) is 11.6. The topological polar surface area (TPSA) is 60.9 Å². The van der Waals surface area contributed by atoms with Crippen molar-refractivity contribution in [3.8, 4) is 5.75 Å². The van der Waals surface area contributed by atoms with Crippen molar-refractivity contribution in [3.63, 3.8) is 0 Å². The van der Waals surface area contributed by atoms with Crippen LogP contribution in [0.5, 0.6) is 5.75 Å². The maximum Gasteiger partial charge on any atom is 0.258 e. The number of nitrogens with zero attached hydrogens (tertiary/aromatic N) is 2. The van der Waals surface area contributed by atoms with Crippen molar-refractivity contribution >= 4 is 23.2 Å². The third-order valence-electron chi connectivity index (χ3n) is 4.57. The fourth-order valence-corrected chi connectivity index (χ4v) is 3.13. The summed E-state index contributed by atoms with van der Waals surface area (Å²) in [6.45, 7) is 0. The Morgan fingerprint density at radius 3 is 1.92 bits per heavy atom. The lowest BCUT2D eigenvalue weighted by atomic mass is 10.0. The minimum Gasteiger partial charge on any atom is -0.508 e. The van der Waals surface area contributed by atoms with E-state index >= 15 is 0 Å². The lowest BCUT2D eigenvalue weighted by molar-refractivity contribution is -0.127. The van der Waals surface area contributed by atoms with Gasteiger partial charge < -0.3 is 5.11 Å². The molecule has 1 saturated heterocycles. The molecule has 24 heavy (non-hydrogen) atoms. The van der Waals surface area contributed by atoms with E-state index in [-0.39, 0.29) is 17.6 Å². The lowest BCUT2D eigenvalue weighted by Gasteiger charge is -2.27. The molecule has 2 fully saturated rings. The highest BCUT2D eigenvalue weighted by Gasteiger charge is 2.48. The van der Waals surface area contributed by atoms with Crippen molar-refractivity contribution in [3.05, 3.63) is 54.6 Å². The molecule has 1 aliphatic carbocycles. The Hall–Kier alpha value is -2.82. The number of hydrogen-bond donors (Lipinski definition) is 1. The summed E-state index contributed by atoms with van der Waals surface area (Å²) in [7, 11) is 0. The van der Waals surface area contributed by atoms with Gasteiger partial charge in [-0.1, -0.05) is 31.0 Å². The molecule has 5 nitrogen and oxygen atoms in total. The van der Waals surface area contributed by atoms with Crippen LogP contribution in [0, 0.1) is 11.8 Å². The second-order valence-corrected chi connectivity index (χ2v) is 6.38. The van der Waals surface area contributed by atoms with Crippen molar-refractivity contribution in [2.45, 2.75) is 19.3 Å². The van der Waals surface area contributed by atoms with Crippen LogP contribution < -0.4 is 10.0 Å². The number of phenols is 1. The molecule has 2 aliphatic rings. The largest absolute Gasteiger partial charge is 0.508 e. The van der Waals surface area contributed by atoms with E-state index in [1.807, 2.05) is 30.3 Å². The quantitative estimate of drug-likeness (QED) is 0.880. The summed E-state index contributed by atoms with van der Waals surface area (Å²) in [5, 5.41) is 12.4. The molecule has 0 spiro atoms. The van der Waals surface area contributed by atoms with Crippen LogP contribution in [0.3, 0.4) is 0 Å². The number of benzene rings is 2. The Morgan fingerprint density at radius 1 is 0.833 bits per heavy atom. The molecule has 2 amide bonds. The zero-order valence-electron chi connectivity index (χ0n) is 13.1. The van der Waals surface area contributed by atoms with Crippen LogP contribution in [-0.2, 0) is 9.59 Å². The van der Waals surface area contributed by atoms with E-state index in [1.165, 1.54) is 22.2 Å². The molecular formula is C19H18N2O3. The van der Waals surface area contributed by atoms with Crippen LogP contribution in [0.1, 0.15) is 19.3 Å². The van der Waals surface area contributed by atoms with Gasteiger partial charge in [-0.05, 0) is 48.7 Å². The van der Waals surface area contributed by atoms with Crippen molar-refractivity contribution in [1.29, 1.82) is 0 Å². The smallest absolute Gasteiger partial charge is 0.258 e. The van der Waals surface area contributed by atoms with Crippen LogP contribution in [0.25, 0.3) is 0 Å². The van der Waals surface area contributed by atoms with Crippen LogP contribution in [0.2, 0.25) is 0 Å². The molecule has 0 bridgehead atoms. The van der Waals surface area contributed by atoms with Gasteiger partial charge in [0.05, 0.1) is 11.4 Å². The van der Waals surface area contributed by atoms with Crippen molar-refractivity contribution in [2.24, 2.45) is 11.8 Å². The van der Waals surface area contributed by atoms with E-state index in [4.69, 9.17) is 0 Å². The minimum atomic E-state index is -0.619. The normalized spacial score (nSPS) is 20.8.